The highest BCUT2D eigenvalue weighted by Crippen LogP contribution is 2.24. The molecular weight excluding hydrogens is 434 g/mol. The number of aromatic nitrogens is 1. The lowest BCUT2D eigenvalue weighted by Crippen LogP contribution is -2.40. The molecule has 174 valence electrons. The largest absolute Gasteiger partial charge is 0.494 e. The van der Waals surface area contributed by atoms with Crippen molar-refractivity contribution in [1.29, 1.82) is 0 Å². The zero-order chi connectivity index (χ0) is 23.6. The molecule has 2 amide bonds. The number of thiazole rings is 1. The molecule has 1 aromatic heterocycles. The molecule has 0 spiro atoms. The van der Waals surface area contributed by atoms with E-state index in [0.717, 1.165) is 29.8 Å². The molecule has 0 bridgehead atoms. The van der Waals surface area contributed by atoms with Crippen LogP contribution in [0.25, 0.3) is 11.3 Å². The molecule has 1 N–H and O–H groups in total. The molecule has 0 aliphatic carbocycles. The minimum absolute atomic E-state index is 0.0357. The molecule has 6 nitrogen and oxygen atoms in total. The number of hydrogen-bond donors (Lipinski definition) is 1. The van der Waals surface area contributed by atoms with Crippen LogP contribution in [0.5, 0.6) is 5.75 Å². The van der Waals surface area contributed by atoms with Gasteiger partial charge in [0, 0.05) is 23.1 Å². The van der Waals surface area contributed by atoms with E-state index in [4.69, 9.17) is 4.74 Å². The minimum Gasteiger partial charge on any atom is -0.494 e. The topological polar surface area (TPSA) is 71.5 Å². The quantitative estimate of drug-likeness (QED) is 0.367. The molecule has 0 fully saturated rings. The van der Waals surface area contributed by atoms with Gasteiger partial charge in [0.25, 0.3) is 5.91 Å². The normalized spacial score (nSPS) is 10.8. The zero-order valence-corrected chi connectivity index (χ0v) is 20.2. The highest BCUT2D eigenvalue weighted by atomic mass is 32.1. The fraction of sp³-hybridized carbons (Fsp3) is 0.346. The first kappa shape index (κ1) is 24.5. The monoisotopic (exact) mass is 465 g/mol. The summed E-state index contributed by atoms with van der Waals surface area (Å²) < 4.78 is 5.68. The van der Waals surface area contributed by atoms with Crippen molar-refractivity contribution in [3.05, 3.63) is 65.5 Å². The van der Waals surface area contributed by atoms with E-state index in [-0.39, 0.29) is 24.3 Å². The van der Waals surface area contributed by atoms with Crippen LogP contribution in [0.1, 0.15) is 44.0 Å². The molecule has 0 saturated heterocycles. The third kappa shape index (κ3) is 7.43. The fourth-order valence-corrected chi connectivity index (χ4v) is 4.01. The lowest BCUT2D eigenvalue weighted by Gasteiger charge is -2.24. The standard InChI is InChI=1S/C26H31N3O3S/c1-4-5-15-32-22-13-11-21(12-14-22)25(31)29(16-19(2)3)17-24(30)28-26-27-23(18-33-26)20-9-7-6-8-10-20/h6-14,18-19H,4-5,15-17H2,1-3H3,(H,27,28,30). The Labute approximate surface area is 199 Å². The number of carbonyl (C=O) groups is 2. The van der Waals surface area contributed by atoms with Crippen molar-refractivity contribution < 1.29 is 14.3 Å². The van der Waals surface area contributed by atoms with E-state index in [9.17, 15) is 9.59 Å². The average Bonchev–Trinajstić information content (AvgIpc) is 3.27. The summed E-state index contributed by atoms with van der Waals surface area (Å²) in [7, 11) is 0. The smallest absolute Gasteiger partial charge is 0.254 e. The van der Waals surface area contributed by atoms with Crippen molar-refractivity contribution in [3.63, 3.8) is 0 Å². The Kier molecular flexibility index (Phi) is 9.01. The third-order valence-electron chi connectivity index (χ3n) is 4.90. The minimum atomic E-state index is -0.266. The number of nitrogens with zero attached hydrogens (tertiary/aromatic N) is 2. The van der Waals surface area contributed by atoms with Crippen LogP contribution in [0.15, 0.2) is 60.0 Å². The van der Waals surface area contributed by atoms with Crippen LogP contribution in [-0.2, 0) is 4.79 Å². The summed E-state index contributed by atoms with van der Waals surface area (Å²) in [6, 6.07) is 16.9. The van der Waals surface area contributed by atoms with Crippen molar-refractivity contribution in [2.24, 2.45) is 5.92 Å². The van der Waals surface area contributed by atoms with Crippen LogP contribution in [0, 0.1) is 5.92 Å². The van der Waals surface area contributed by atoms with E-state index in [2.05, 4.69) is 17.2 Å². The van der Waals surface area contributed by atoms with Gasteiger partial charge in [-0.2, -0.15) is 0 Å². The summed E-state index contributed by atoms with van der Waals surface area (Å²) >= 11 is 1.37. The molecule has 0 atom stereocenters. The van der Waals surface area contributed by atoms with Crippen LogP contribution < -0.4 is 10.1 Å². The summed E-state index contributed by atoms with van der Waals surface area (Å²) in [5.41, 5.74) is 2.34. The number of benzene rings is 2. The second-order valence-corrected chi connectivity index (χ2v) is 9.12. The van der Waals surface area contributed by atoms with E-state index in [0.29, 0.717) is 23.8 Å². The van der Waals surface area contributed by atoms with Crippen LogP contribution >= 0.6 is 11.3 Å². The number of amides is 2. The second kappa shape index (κ2) is 12.2. The number of rotatable bonds is 11. The molecule has 0 aliphatic rings. The lowest BCUT2D eigenvalue weighted by molar-refractivity contribution is -0.117. The Morgan fingerprint density at radius 3 is 2.48 bits per heavy atom. The van der Waals surface area contributed by atoms with Gasteiger partial charge in [-0.1, -0.05) is 57.5 Å². The van der Waals surface area contributed by atoms with E-state index in [1.165, 1.54) is 11.3 Å². The van der Waals surface area contributed by atoms with E-state index < -0.39 is 0 Å². The second-order valence-electron chi connectivity index (χ2n) is 8.26. The third-order valence-corrected chi connectivity index (χ3v) is 5.65. The number of nitrogens with one attached hydrogen (secondary N) is 1. The number of ether oxygens (including phenoxy) is 1. The summed E-state index contributed by atoms with van der Waals surface area (Å²) in [4.78, 5) is 31.9. The molecule has 0 unspecified atom stereocenters. The highest BCUT2D eigenvalue weighted by Gasteiger charge is 2.21. The summed E-state index contributed by atoms with van der Waals surface area (Å²) in [5, 5.41) is 5.26. The molecular formula is C26H31N3O3S. The maximum Gasteiger partial charge on any atom is 0.254 e. The van der Waals surface area contributed by atoms with Gasteiger partial charge in [-0.05, 0) is 36.6 Å². The van der Waals surface area contributed by atoms with Gasteiger partial charge in [-0.3, -0.25) is 9.59 Å². The average molecular weight is 466 g/mol. The first-order valence-corrected chi connectivity index (χ1v) is 12.2. The summed E-state index contributed by atoms with van der Waals surface area (Å²) in [5.74, 6) is 0.523. The van der Waals surface area contributed by atoms with Gasteiger partial charge in [0.15, 0.2) is 5.13 Å². The van der Waals surface area contributed by atoms with Gasteiger partial charge in [0.2, 0.25) is 5.91 Å². The van der Waals surface area contributed by atoms with E-state index in [1.54, 1.807) is 29.2 Å². The molecule has 3 aromatic rings. The number of anilines is 1. The number of unbranched alkanes of at least 4 members (excludes halogenated alkanes) is 1. The van der Waals surface area contributed by atoms with Crippen molar-refractivity contribution in [1.82, 2.24) is 9.88 Å². The Bertz CT molecular complexity index is 1030. The Morgan fingerprint density at radius 2 is 1.82 bits per heavy atom. The molecule has 1 heterocycles. The summed E-state index contributed by atoms with van der Waals surface area (Å²) in [6.45, 7) is 7.26. The highest BCUT2D eigenvalue weighted by molar-refractivity contribution is 7.14. The number of hydrogen-bond acceptors (Lipinski definition) is 5. The Hall–Kier alpha value is -3.19. The molecule has 33 heavy (non-hydrogen) atoms. The van der Waals surface area contributed by atoms with Crippen LogP contribution in [0.2, 0.25) is 0 Å². The first-order chi connectivity index (χ1) is 16.0. The predicted molar refractivity (Wildman–Crippen MR) is 134 cm³/mol. The van der Waals surface area contributed by atoms with Gasteiger partial charge in [-0.15, -0.1) is 11.3 Å². The molecule has 7 heteroatoms. The zero-order valence-electron chi connectivity index (χ0n) is 19.4. The molecule has 3 rings (SSSR count). The van der Waals surface area contributed by atoms with E-state index >= 15 is 0 Å². The first-order valence-electron chi connectivity index (χ1n) is 11.3. The Morgan fingerprint density at radius 1 is 1.09 bits per heavy atom. The van der Waals surface area contributed by atoms with Gasteiger partial charge in [0.1, 0.15) is 12.3 Å². The summed E-state index contributed by atoms with van der Waals surface area (Å²) in [6.07, 6.45) is 2.06. The SMILES string of the molecule is CCCCOc1ccc(C(=O)N(CC(=O)Nc2nc(-c3ccccc3)cs2)CC(C)C)cc1. The molecule has 2 aromatic carbocycles. The van der Waals surface area contributed by atoms with Crippen molar-refractivity contribution in [2.45, 2.75) is 33.6 Å². The van der Waals surface area contributed by atoms with Gasteiger partial charge in [-0.25, -0.2) is 4.98 Å². The maximum absolute atomic E-state index is 13.1. The van der Waals surface area contributed by atoms with Crippen LogP contribution in [-0.4, -0.2) is 41.4 Å². The fourth-order valence-electron chi connectivity index (χ4n) is 3.28. The van der Waals surface area contributed by atoms with Gasteiger partial charge < -0.3 is 15.0 Å². The Balaban J connectivity index is 1.63. The lowest BCUT2D eigenvalue weighted by atomic mass is 10.1. The van der Waals surface area contributed by atoms with Crippen LogP contribution in [0.3, 0.4) is 0 Å². The van der Waals surface area contributed by atoms with Crippen LogP contribution in [0.4, 0.5) is 5.13 Å². The molecule has 0 saturated carbocycles. The number of carbonyl (C=O) groups excluding carboxylic acids is 2. The van der Waals surface area contributed by atoms with Crippen molar-refractivity contribution in [3.8, 4) is 17.0 Å². The van der Waals surface area contributed by atoms with E-state index in [1.807, 2.05) is 49.6 Å². The predicted octanol–water partition coefficient (Wildman–Crippen LogP) is 5.73. The van der Waals surface area contributed by atoms with Gasteiger partial charge in [0.05, 0.1) is 12.3 Å². The molecule has 0 aliphatic heterocycles. The molecule has 0 radical (unpaired) electrons. The van der Waals surface area contributed by atoms with Gasteiger partial charge >= 0.3 is 0 Å². The maximum atomic E-state index is 13.1. The van der Waals surface area contributed by atoms with Crippen molar-refractivity contribution >= 4 is 28.3 Å². The van der Waals surface area contributed by atoms with Crippen molar-refractivity contribution in [2.75, 3.05) is 25.0 Å².